The number of hydrogen-bond acceptors (Lipinski definition) is 8. The van der Waals surface area contributed by atoms with Crippen LogP contribution < -0.4 is 10.9 Å². The molecule has 148 valence electrons. The Morgan fingerprint density at radius 2 is 1.90 bits per heavy atom. The van der Waals surface area contributed by atoms with Crippen LogP contribution >= 0.6 is 0 Å². The maximum Gasteiger partial charge on any atom is 0.419 e. The van der Waals surface area contributed by atoms with E-state index in [1.807, 2.05) is 0 Å². The van der Waals surface area contributed by atoms with Crippen molar-refractivity contribution in [3.63, 3.8) is 0 Å². The zero-order valence-electron chi connectivity index (χ0n) is 14.7. The van der Waals surface area contributed by atoms with Crippen molar-refractivity contribution in [2.45, 2.75) is 11.3 Å². The van der Waals surface area contributed by atoms with Crippen LogP contribution in [0.25, 0.3) is 22.5 Å². The van der Waals surface area contributed by atoms with Crippen molar-refractivity contribution in [3.8, 4) is 28.4 Å². The average molecular weight is 414 g/mol. The molecule has 0 unspecified atom stereocenters. The number of H-pyrrole nitrogens is 2. The molecule has 2 aromatic carbocycles. The first-order valence-corrected chi connectivity index (χ1v) is 9.77. The number of rotatable bonds is 5. The molecule has 0 aliphatic carbocycles. The van der Waals surface area contributed by atoms with E-state index in [2.05, 4.69) is 25.6 Å². The SMILES string of the molecule is NS(=O)(=O)c1cccc(-c2ccc(Cc3oc(=O)[nH]c3O)cc2)c1-c1nn[nH]n1. The number of sulfonamides is 1. The lowest BCUT2D eigenvalue weighted by Crippen LogP contribution is -2.14. The molecular weight excluding hydrogens is 400 g/mol. The summed E-state index contributed by atoms with van der Waals surface area (Å²) in [6.45, 7) is 0. The third-order valence-corrected chi connectivity index (χ3v) is 5.19. The number of tetrazole rings is 1. The summed E-state index contributed by atoms with van der Waals surface area (Å²) in [4.78, 5) is 13.2. The van der Waals surface area contributed by atoms with E-state index in [0.29, 0.717) is 11.1 Å². The first-order valence-electron chi connectivity index (χ1n) is 8.23. The largest absolute Gasteiger partial charge is 0.492 e. The Kier molecular flexibility index (Phi) is 4.48. The maximum atomic E-state index is 12.1. The van der Waals surface area contributed by atoms with Gasteiger partial charge in [0.25, 0.3) is 0 Å². The molecule has 12 heteroatoms. The first-order chi connectivity index (χ1) is 13.8. The minimum Gasteiger partial charge on any atom is -0.492 e. The average Bonchev–Trinajstić information content (AvgIpc) is 3.31. The number of benzene rings is 2. The Labute approximate surface area is 163 Å². The summed E-state index contributed by atoms with van der Waals surface area (Å²) in [6, 6.07) is 11.7. The molecule has 0 atom stereocenters. The van der Waals surface area contributed by atoms with Gasteiger partial charge in [-0.15, -0.1) is 10.2 Å². The highest BCUT2D eigenvalue weighted by Gasteiger charge is 2.22. The fraction of sp³-hybridized carbons (Fsp3) is 0.0588. The minimum atomic E-state index is -4.04. The summed E-state index contributed by atoms with van der Waals surface area (Å²) in [5.41, 5.74) is 2.21. The van der Waals surface area contributed by atoms with E-state index in [0.717, 1.165) is 5.56 Å². The van der Waals surface area contributed by atoms with Crippen LogP contribution in [0.3, 0.4) is 0 Å². The summed E-state index contributed by atoms with van der Waals surface area (Å²) in [6.07, 6.45) is 0.194. The van der Waals surface area contributed by atoms with Gasteiger partial charge in [-0.1, -0.05) is 36.4 Å². The smallest absolute Gasteiger partial charge is 0.419 e. The molecule has 0 fully saturated rings. The van der Waals surface area contributed by atoms with E-state index in [1.54, 1.807) is 36.4 Å². The zero-order valence-corrected chi connectivity index (χ0v) is 15.5. The van der Waals surface area contributed by atoms with Gasteiger partial charge in [0.15, 0.2) is 5.76 Å². The van der Waals surface area contributed by atoms with E-state index < -0.39 is 15.8 Å². The summed E-state index contributed by atoms with van der Waals surface area (Å²) in [7, 11) is -4.04. The Hall–Kier alpha value is -3.77. The van der Waals surface area contributed by atoms with Gasteiger partial charge in [0, 0.05) is 6.42 Å². The Morgan fingerprint density at radius 3 is 2.48 bits per heavy atom. The van der Waals surface area contributed by atoms with Gasteiger partial charge in [0.1, 0.15) is 0 Å². The number of nitrogens with two attached hydrogens (primary N) is 1. The fourth-order valence-corrected chi connectivity index (χ4v) is 3.72. The molecule has 2 aromatic heterocycles. The quantitative estimate of drug-likeness (QED) is 0.369. The van der Waals surface area contributed by atoms with Gasteiger partial charge in [0.05, 0.1) is 10.5 Å². The number of aromatic amines is 2. The topological polar surface area (TPSA) is 181 Å². The molecule has 4 rings (SSSR count). The number of nitrogens with zero attached hydrogens (tertiary/aromatic N) is 3. The van der Waals surface area contributed by atoms with Crippen LogP contribution in [0.4, 0.5) is 0 Å². The molecule has 0 bridgehead atoms. The number of nitrogens with one attached hydrogen (secondary N) is 2. The molecule has 0 saturated carbocycles. The Morgan fingerprint density at radius 1 is 1.14 bits per heavy atom. The molecule has 2 heterocycles. The number of primary sulfonamides is 1. The summed E-state index contributed by atoms with van der Waals surface area (Å²) < 4.78 is 29.0. The third kappa shape index (κ3) is 3.66. The van der Waals surface area contributed by atoms with Crippen molar-refractivity contribution in [1.82, 2.24) is 25.6 Å². The third-order valence-electron chi connectivity index (χ3n) is 4.23. The van der Waals surface area contributed by atoms with E-state index in [1.165, 1.54) is 6.07 Å². The van der Waals surface area contributed by atoms with E-state index in [-0.39, 0.29) is 34.3 Å². The summed E-state index contributed by atoms with van der Waals surface area (Å²) in [5, 5.41) is 28.6. The highest BCUT2D eigenvalue weighted by molar-refractivity contribution is 7.89. The molecule has 0 aliphatic rings. The van der Waals surface area contributed by atoms with Crippen LogP contribution in [0.5, 0.6) is 5.88 Å². The van der Waals surface area contributed by atoms with E-state index >= 15 is 0 Å². The fourth-order valence-electron chi connectivity index (χ4n) is 2.97. The summed E-state index contributed by atoms with van der Waals surface area (Å²) >= 11 is 0. The predicted molar refractivity (Wildman–Crippen MR) is 100 cm³/mol. The van der Waals surface area contributed by atoms with Crippen molar-refractivity contribution in [3.05, 3.63) is 64.3 Å². The van der Waals surface area contributed by atoms with Crippen LogP contribution in [0.15, 0.2) is 56.6 Å². The predicted octanol–water partition coefficient (Wildman–Crippen LogP) is 0.759. The zero-order chi connectivity index (χ0) is 20.6. The van der Waals surface area contributed by atoms with Gasteiger partial charge in [-0.05, 0) is 28.0 Å². The Balaban J connectivity index is 1.77. The van der Waals surface area contributed by atoms with Crippen molar-refractivity contribution >= 4 is 10.0 Å². The van der Waals surface area contributed by atoms with Crippen LogP contribution in [-0.2, 0) is 16.4 Å². The van der Waals surface area contributed by atoms with Gasteiger partial charge >= 0.3 is 5.76 Å². The second-order valence-electron chi connectivity index (χ2n) is 6.12. The van der Waals surface area contributed by atoms with Gasteiger partial charge in [-0.2, -0.15) is 5.21 Å². The lowest BCUT2D eigenvalue weighted by atomic mass is 9.97. The molecular formula is C17H14N6O5S. The molecule has 0 amide bonds. The molecule has 0 saturated heterocycles. The van der Waals surface area contributed by atoms with Crippen LogP contribution in [-0.4, -0.2) is 39.1 Å². The lowest BCUT2D eigenvalue weighted by Gasteiger charge is -2.11. The van der Waals surface area contributed by atoms with Gasteiger partial charge in [-0.3, -0.25) is 4.98 Å². The second-order valence-corrected chi connectivity index (χ2v) is 7.65. The van der Waals surface area contributed by atoms with Crippen LogP contribution in [0, 0.1) is 0 Å². The lowest BCUT2D eigenvalue weighted by molar-refractivity contribution is 0.426. The number of aromatic hydroxyl groups is 1. The number of oxazole rings is 1. The second kappa shape index (κ2) is 7.00. The Bertz CT molecular complexity index is 1320. The van der Waals surface area contributed by atoms with E-state index in [9.17, 15) is 18.3 Å². The van der Waals surface area contributed by atoms with Crippen molar-refractivity contribution in [1.29, 1.82) is 0 Å². The van der Waals surface area contributed by atoms with Crippen LogP contribution in [0.2, 0.25) is 0 Å². The van der Waals surface area contributed by atoms with Crippen molar-refractivity contribution in [2.75, 3.05) is 0 Å². The maximum absolute atomic E-state index is 12.1. The summed E-state index contributed by atoms with van der Waals surface area (Å²) in [5.74, 6) is -0.850. The van der Waals surface area contributed by atoms with Crippen molar-refractivity contribution < 1.29 is 17.9 Å². The first kappa shape index (κ1) is 18.6. The molecule has 0 spiro atoms. The molecule has 11 nitrogen and oxygen atoms in total. The molecule has 5 N–H and O–H groups in total. The van der Waals surface area contributed by atoms with Gasteiger partial charge in [-0.25, -0.2) is 18.4 Å². The highest BCUT2D eigenvalue weighted by atomic mass is 32.2. The minimum absolute atomic E-state index is 0.0905. The van der Waals surface area contributed by atoms with Gasteiger partial charge < -0.3 is 9.52 Å². The molecule has 29 heavy (non-hydrogen) atoms. The molecule has 0 radical (unpaired) electrons. The highest BCUT2D eigenvalue weighted by Crippen LogP contribution is 2.35. The molecule has 0 aliphatic heterocycles. The monoisotopic (exact) mass is 414 g/mol. The normalized spacial score (nSPS) is 11.6. The molecule has 4 aromatic rings. The standard InChI is InChI=1S/C17H14N6O5S/c18-29(26,27)13-3-1-2-11(14(13)15-20-22-23-21-15)10-6-4-9(5-7-10)8-12-16(24)19-17(25)28-12/h1-7,24H,8H2,(H,19,25)(H2,18,26,27)(H,20,21,22,23). The van der Waals surface area contributed by atoms with E-state index in [4.69, 9.17) is 9.56 Å². The number of hydrogen-bond donors (Lipinski definition) is 4. The van der Waals surface area contributed by atoms with Crippen LogP contribution in [0.1, 0.15) is 11.3 Å². The van der Waals surface area contributed by atoms with Crippen molar-refractivity contribution in [2.24, 2.45) is 5.14 Å². The number of aromatic nitrogens is 5. The van der Waals surface area contributed by atoms with Gasteiger partial charge in [0.2, 0.25) is 21.7 Å².